The Balaban J connectivity index is 0.00000242. The highest BCUT2D eigenvalue weighted by Gasteiger charge is 2.33. The molecule has 2 N–H and O–H groups in total. The molecule has 1 aromatic carbocycles. The number of benzene rings is 1. The molecule has 132 valence electrons. The molecule has 1 aliphatic rings. The van der Waals surface area contributed by atoms with Gasteiger partial charge in [0.15, 0.2) is 11.5 Å². The third-order valence-electron chi connectivity index (χ3n) is 3.34. The molecule has 0 unspecified atom stereocenters. The maximum Gasteiger partial charge on any atom is 0.573 e. The van der Waals surface area contributed by atoms with E-state index in [4.69, 9.17) is 0 Å². The van der Waals surface area contributed by atoms with Crippen molar-refractivity contribution in [3.63, 3.8) is 0 Å². The SMILES string of the molecule is C=C[C@H](c1cccc(OC(F)(F)F)c1O)N1CCNCC1.Cl.Cl. The van der Waals surface area contributed by atoms with E-state index in [1.54, 1.807) is 12.1 Å². The fraction of sp³-hybridized carbons (Fsp3) is 0.429. The maximum atomic E-state index is 12.3. The highest BCUT2D eigenvalue weighted by molar-refractivity contribution is 5.85. The van der Waals surface area contributed by atoms with Crippen LogP contribution in [0.1, 0.15) is 11.6 Å². The van der Waals surface area contributed by atoms with Gasteiger partial charge in [-0.25, -0.2) is 0 Å². The first-order chi connectivity index (χ1) is 9.92. The van der Waals surface area contributed by atoms with E-state index in [2.05, 4.69) is 16.6 Å². The van der Waals surface area contributed by atoms with Crippen molar-refractivity contribution in [2.75, 3.05) is 26.2 Å². The number of phenolic OH excluding ortho intramolecular Hbond substituents is 1. The van der Waals surface area contributed by atoms with Crippen LogP contribution in [0, 0.1) is 0 Å². The lowest BCUT2D eigenvalue weighted by Gasteiger charge is -2.33. The number of hydrogen-bond donors (Lipinski definition) is 2. The van der Waals surface area contributed by atoms with Gasteiger partial charge in [-0.2, -0.15) is 0 Å². The van der Waals surface area contributed by atoms with Gasteiger partial charge in [0.2, 0.25) is 0 Å². The van der Waals surface area contributed by atoms with Gasteiger partial charge in [-0.1, -0.05) is 18.2 Å². The predicted molar refractivity (Wildman–Crippen MR) is 86.7 cm³/mol. The van der Waals surface area contributed by atoms with Gasteiger partial charge >= 0.3 is 6.36 Å². The van der Waals surface area contributed by atoms with Crippen LogP contribution in [0.3, 0.4) is 0 Å². The number of nitrogens with zero attached hydrogens (tertiary/aromatic N) is 1. The van der Waals surface area contributed by atoms with Crippen LogP contribution in [-0.4, -0.2) is 42.5 Å². The van der Waals surface area contributed by atoms with Crippen LogP contribution in [0.15, 0.2) is 30.9 Å². The minimum Gasteiger partial charge on any atom is -0.504 e. The molecule has 2 rings (SSSR count). The van der Waals surface area contributed by atoms with Crippen LogP contribution in [0.2, 0.25) is 0 Å². The summed E-state index contributed by atoms with van der Waals surface area (Å²) in [7, 11) is 0. The zero-order valence-corrected chi connectivity index (χ0v) is 13.8. The highest BCUT2D eigenvalue weighted by Crippen LogP contribution is 2.38. The Morgan fingerprint density at radius 2 is 1.87 bits per heavy atom. The fourth-order valence-electron chi connectivity index (χ4n) is 2.42. The second-order valence-corrected chi connectivity index (χ2v) is 4.71. The largest absolute Gasteiger partial charge is 0.573 e. The van der Waals surface area contributed by atoms with Crippen LogP contribution in [0.4, 0.5) is 13.2 Å². The summed E-state index contributed by atoms with van der Waals surface area (Å²) in [4.78, 5) is 2.04. The second-order valence-electron chi connectivity index (χ2n) is 4.71. The summed E-state index contributed by atoms with van der Waals surface area (Å²) in [6, 6.07) is 3.73. The van der Waals surface area contributed by atoms with Crippen molar-refractivity contribution in [3.8, 4) is 11.5 Å². The van der Waals surface area contributed by atoms with Gasteiger partial charge in [0.25, 0.3) is 0 Å². The van der Waals surface area contributed by atoms with Crippen molar-refractivity contribution in [2.24, 2.45) is 0 Å². The number of phenols is 1. The summed E-state index contributed by atoms with van der Waals surface area (Å²) in [5.74, 6) is -1.10. The number of aromatic hydroxyl groups is 1. The van der Waals surface area contributed by atoms with Crippen LogP contribution in [-0.2, 0) is 0 Å². The van der Waals surface area contributed by atoms with Gasteiger partial charge in [-0.3, -0.25) is 4.90 Å². The fourth-order valence-corrected chi connectivity index (χ4v) is 2.42. The molecular formula is C14H19Cl2F3N2O2. The first kappa shape index (κ1) is 21.9. The van der Waals surface area contributed by atoms with Crippen molar-refractivity contribution in [2.45, 2.75) is 12.4 Å². The first-order valence-corrected chi connectivity index (χ1v) is 6.57. The van der Waals surface area contributed by atoms with Crippen LogP contribution in [0.5, 0.6) is 11.5 Å². The van der Waals surface area contributed by atoms with E-state index in [1.807, 2.05) is 4.90 Å². The number of ether oxygens (including phenoxy) is 1. The number of alkyl halides is 3. The number of para-hydroxylation sites is 1. The molecule has 1 saturated heterocycles. The summed E-state index contributed by atoms with van der Waals surface area (Å²) >= 11 is 0. The van der Waals surface area contributed by atoms with E-state index in [0.29, 0.717) is 5.56 Å². The lowest BCUT2D eigenvalue weighted by atomic mass is 10.0. The number of hydrogen-bond acceptors (Lipinski definition) is 4. The molecule has 0 aromatic heterocycles. The average molecular weight is 375 g/mol. The Labute approximate surface area is 145 Å². The lowest BCUT2D eigenvalue weighted by Crippen LogP contribution is -2.44. The molecule has 1 aromatic rings. The Kier molecular flexibility index (Phi) is 8.76. The van der Waals surface area contributed by atoms with Crippen molar-refractivity contribution in [1.29, 1.82) is 0 Å². The molecule has 1 aliphatic heterocycles. The van der Waals surface area contributed by atoms with E-state index in [-0.39, 0.29) is 30.9 Å². The molecular weight excluding hydrogens is 356 g/mol. The van der Waals surface area contributed by atoms with E-state index >= 15 is 0 Å². The van der Waals surface area contributed by atoms with Gasteiger partial charge in [-0.05, 0) is 6.07 Å². The average Bonchev–Trinajstić information content (AvgIpc) is 2.43. The molecule has 0 aliphatic carbocycles. The molecule has 1 atom stereocenters. The standard InChI is InChI=1S/C14H17F3N2O2.2ClH/c1-2-11(19-8-6-18-7-9-19)10-4-3-5-12(13(10)20)21-14(15,16)17;;/h2-5,11,18,20H,1,6-9H2;2*1H/t11-;;/m1../s1. The van der Waals surface area contributed by atoms with Gasteiger partial charge in [0.05, 0.1) is 6.04 Å². The van der Waals surface area contributed by atoms with E-state index in [1.165, 1.54) is 6.07 Å². The summed E-state index contributed by atoms with van der Waals surface area (Å²) < 4.78 is 40.8. The molecule has 23 heavy (non-hydrogen) atoms. The van der Waals surface area contributed by atoms with Crippen molar-refractivity contribution in [3.05, 3.63) is 36.4 Å². The van der Waals surface area contributed by atoms with Gasteiger partial charge < -0.3 is 15.2 Å². The predicted octanol–water partition coefficient (Wildman–Crippen LogP) is 3.27. The number of rotatable bonds is 4. The van der Waals surface area contributed by atoms with Gasteiger partial charge in [0, 0.05) is 31.7 Å². The monoisotopic (exact) mass is 374 g/mol. The molecule has 0 amide bonds. The Morgan fingerprint density at radius 1 is 1.26 bits per heavy atom. The van der Waals surface area contributed by atoms with Crippen LogP contribution >= 0.6 is 24.8 Å². The smallest absolute Gasteiger partial charge is 0.504 e. The maximum absolute atomic E-state index is 12.3. The molecule has 1 fully saturated rings. The van der Waals surface area contributed by atoms with E-state index < -0.39 is 17.9 Å². The Hall–Kier alpha value is -1.15. The normalized spacial score (nSPS) is 16.7. The van der Waals surface area contributed by atoms with Gasteiger partial charge in [0.1, 0.15) is 0 Å². The van der Waals surface area contributed by atoms with Crippen molar-refractivity contribution >= 4 is 24.8 Å². The summed E-state index contributed by atoms with van der Waals surface area (Å²) in [6.07, 6.45) is -3.23. The van der Waals surface area contributed by atoms with Gasteiger partial charge in [-0.15, -0.1) is 44.6 Å². The van der Waals surface area contributed by atoms with Crippen molar-refractivity contribution in [1.82, 2.24) is 10.2 Å². The second kappa shape index (κ2) is 9.22. The highest BCUT2D eigenvalue weighted by atomic mass is 35.5. The first-order valence-electron chi connectivity index (χ1n) is 6.57. The summed E-state index contributed by atoms with van der Waals surface area (Å²) in [6.45, 7) is 6.73. The molecule has 0 bridgehead atoms. The summed E-state index contributed by atoms with van der Waals surface area (Å²) in [5.41, 5.74) is 0.355. The number of nitrogens with one attached hydrogen (secondary N) is 1. The molecule has 9 heteroatoms. The van der Waals surface area contributed by atoms with Crippen LogP contribution in [0.25, 0.3) is 0 Å². The quantitative estimate of drug-likeness (QED) is 0.793. The number of piperazine rings is 1. The molecule has 0 saturated carbocycles. The number of halogens is 5. The molecule has 4 nitrogen and oxygen atoms in total. The van der Waals surface area contributed by atoms with Crippen LogP contribution < -0.4 is 10.1 Å². The third kappa shape index (κ3) is 5.76. The van der Waals surface area contributed by atoms with Crippen molar-refractivity contribution < 1.29 is 23.0 Å². The minimum absolute atomic E-state index is 0. The third-order valence-corrected chi connectivity index (χ3v) is 3.34. The molecule has 0 radical (unpaired) electrons. The zero-order chi connectivity index (χ0) is 15.5. The van der Waals surface area contributed by atoms with E-state index in [0.717, 1.165) is 32.2 Å². The lowest BCUT2D eigenvalue weighted by molar-refractivity contribution is -0.275. The zero-order valence-electron chi connectivity index (χ0n) is 12.2. The molecule has 0 spiro atoms. The Morgan fingerprint density at radius 3 is 2.39 bits per heavy atom. The summed E-state index contributed by atoms with van der Waals surface area (Å²) in [5, 5.41) is 13.3. The van der Waals surface area contributed by atoms with E-state index in [9.17, 15) is 18.3 Å². The molecule has 1 heterocycles. The Bertz CT molecular complexity index is 509. The minimum atomic E-state index is -4.84. The topological polar surface area (TPSA) is 44.7 Å².